The van der Waals surface area contributed by atoms with E-state index < -0.39 is 0 Å². The highest BCUT2D eigenvalue weighted by atomic mass is 16.6. The summed E-state index contributed by atoms with van der Waals surface area (Å²) in [4.78, 5) is 13.7. The molecule has 19 heavy (non-hydrogen) atoms. The van der Waals surface area contributed by atoms with E-state index in [1.807, 2.05) is 30.3 Å². The van der Waals surface area contributed by atoms with Crippen LogP contribution in [0.25, 0.3) is 0 Å². The van der Waals surface area contributed by atoms with E-state index >= 15 is 0 Å². The number of likely N-dealkylation sites (tertiary alicyclic amines) is 1. The minimum Gasteiger partial charge on any atom is -0.445 e. The predicted octanol–water partition coefficient (Wildman–Crippen LogP) is 2.68. The maximum Gasteiger partial charge on any atom is 0.410 e. The van der Waals surface area contributed by atoms with Gasteiger partial charge in [-0.1, -0.05) is 37.3 Å². The molecule has 2 unspecified atom stereocenters. The Morgan fingerprint density at radius 1 is 1.37 bits per heavy atom. The van der Waals surface area contributed by atoms with Crippen LogP contribution in [0.4, 0.5) is 4.79 Å². The van der Waals surface area contributed by atoms with E-state index in [2.05, 4.69) is 6.92 Å². The number of carbonyl (C=O) groups excluding carboxylic acids is 1. The second-order valence-corrected chi connectivity index (χ2v) is 5.03. The van der Waals surface area contributed by atoms with Crippen molar-refractivity contribution in [2.75, 3.05) is 20.2 Å². The van der Waals surface area contributed by atoms with Gasteiger partial charge in [-0.25, -0.2) is 4.79 Å². The third-order valence-electron chi connectivity index (χ3n) is 3.59. The Hall–Kier alpha value is -1.55. The summed E-state index contributed by atoms with van der Waals surface area (Å²) in [5.41, 5.74) is 1.01. The van der Waals surface area contributed by atoms with Crippen molar-refractivity contribution in [3.63, 3.8) is 0 Å². The van der Waals surface area contributed by atoms with Gasteiger partial charge in [-0.2, -0.15) is 0 Å². The number of nitrogens with zero attached hydrogens (tertiary/aromatic N) is 1. The zero-order valence-electron chi connectivity index (χ0n) is 11.5. The number of benzene rings is 1. The Kier molecular flexibility index (Phi) is 4.80. The molecule has 1 aromatic carbocycles. The van der Waals surface area contributed by atoms with Crippen LogP contribution in [-0.2, 0) is 16.1 Å². The summed E-state index contributed by atoms with van der Waals surface area (Å²) in [5, 5.41) is 0. The van der Waals surface area contributed by atoms with E-state index in [0.717, 1.165) is 12.0 Å². The molecule has 1 fully saturated rings. The quantitative estimate of drug-likeness (QED) is 0.841. The van der Waals surface area contributed by atoms with Gasteiger partial charge in [0.25, 0.3) is 0 Å². The van der Waals surface area contributed by atoms with Crippen LogP contribution in [0, 0.1) is 5.92 Å². The second-order valence-electron chi connectivity index (χ2n) is 5.03. The lowest BCUT2D eigenvalue weighted by Crippen LogP contribution is -2.45. The van der Waals surface area contributed by atoms with E-state index in [-0.39, 0.29) is 12.2 Å². The summed E-state index contributed by atoms with van der Waals surface area (Å²) >= 11 is 0. The molecule has 1 aliphatic heterocycles. The van der Waals surface area contributed by atoms with Gasteiger partial charge >= 0.3 is 6.09 Å². The molecule has 0 N–H and O–H groups in total. The molecule has 0 spiro atoms. The van der Waals surface area contributed by atoms with E-state index in [9.17, 15) is 4.79 Å². The summed E-state index contributed by atoms with van der Waals surface area (Å²) < 4.78 is 10.7. The average molecular weight is 263 g/mol. The van der Waals surface area contributed by atoms with Crippen LogP contribution in [0.5, 0.6) is 0 Å². The van der Waals surface area contributed by atoms with E-state index in [4.69, 9.17) is 9.47 Å². The number of carbonyl (C=O) groups is 1. The van der Waals surface area contributed by atoms with E-state index in [1.165, 1.54) is 0 Å². The summed E-state index contributed by atoms with van der Waals surface area (Å²) in [6.07, 6.45) is 0.890. The molecule has 0 saturated carbocycles. The number of hydrogen-bond acceptors (Lipinski definition) is 3. The lowest BCUT2D eigenvalue weighted by Gasteiger charge is -2.35. The minimum atomic E-state index is -0.231. The van der Waals surface area contributed by atoms with Crippen LogP contribution in [-0.4, -0.2) is 37.3 Å². The van der Waals surface area contributed by atoms with Gasteiger partial charge in [-0.3, -0.25) is 0 Å². The fourth-order valence-electron chi connectivity index (χ4n) is 2.45. The molecule has 1 saturated heterocycles. The molecule has 1 aromatic rings. The highest BCUT2D eigenvalue weighted by Gasteiger charge is 2.29. The first-order valence-electron chi connectivity index (χ1n) is 6.69. The van der Waals surface area contributed by atoms with Crippen molar-refractivity contribution < 1.29 is 14.3 Å². The van der Waals surface area contributed by atoms with Gasteiger partial charge in [0.05, 0.1) is 6.10 Å². The zero-order chi connectivity index (χ0) is 13.7. The fourth-order valence-corrected chi connectivity index (χ4v) is 2.45. The normalized spacial score (nSPS) is 23.2. The number of hydrogen-bond donors (Lipinski definition) is 0. The van der Waals surface area contributed by atoms with Crippen LogP contribution < -0.4 is 0 Å². The third kappa shape index (κ3) is 3.70. The number of piperidine rings is 1. The van der Waals surface area contributed by atoms with Gasteiger partial charge in [-0.15, -0.1) is 0 Å². The van der Waals surface area contributed by atoms with Gasteiger partial charge in [0.15, 0.2) is 0 Å². The number of ether oxygens (including phenoxy) is 2. The van der Waals surface area contributed by atoms with Crippen LogP contribution >= 0.6 is 0 Å². The van der Waals surface area contributed by atoms with Crippen LogP contribution in [0.1, 0.15) is 18.9 Å². The highest BCUT2D eigenvalue weighted by Crippen LogP contribution is 2.20. The molecule has 4 heteroatoms. The summed E-state index contributed by atoms with van der Waals surface area (Å²) in [6, 6.07) is 9.73. The molecule has 0 aromatic heterocycles. The number of methoxy groups -OCH3 is 1. The standard InChI is InChI=1S/C15H21NO3/c1-12-10-16(9-8-14(12)18-2)15(17)19-11-13-6-4-3-5-7-13/h3-7,12,14H,8-11H2,1-2H3. The molecule has 4 nitrogen and oxygen atoms in total. The lowest BCUT2D eigenvalue weighted by molar-refractivity contribution is -0.00212. The Morgan fingerprint density at radius 3 is 2.74 bits per heavy atom. The van der Waals surface area contributed by atoms with Gasteiger partial charge in [0.1, 0.15) is 6.61 Å². The molecule has 0 aliphatic carbocycles. The zero-order valence-corrected chi connectivity index (χ0v) is 11.5. The molecule has 0 bridgehead atoms. The molecule has 1 heterocycles. The molecular weight excluding hydrogens is 242 g/mol. The highest BCUT2D eigenvalue weighted by molar-refractivity contribution is 5.67. The largest absolute Gasteiger partial charge is 0.445 e. The second kappa shape index (κ2) is 6.57. The maximum absolute atomic E-state index is 12.0. The Bertz CT molecular complexity index is 407. The van der Waals surface area contributed by atoms with Crippen molar-refractivity contribution in [1.82, 2.24) is 4.90 Å². The van der Waals surface area contributed by atoms with Crippen molar-refractivity contribution in [3.05, 3.63) is 35.9 Å². The Balaban J connectivity index is 1.81. The van der Waals surface area contributed by atoms with Crippen molar-refractivity contribution >= 4 is 6.09 Å². The smallest absolute Gasteiger partial charge is 0.410 e. The van der Waals surface area contributed by atoms with Crippen molar-refractivity contribution in [2.24, 2.45) is 5.92 Å². The van der Waals surface area contributed by atoms with Crippen molar-refractivity contribution in [2.45, 2.75) is 26.1 Å². The SMILES string of the molecule is COC1CCN(C(=O)OCc2ccccc2)CC1C. The average Bonchev–Trinajstić information content (AvgIpc) is 2.45. The van der Waals surface area contributed by atoms with E-state index in [0.29, 0.717) is 25.6 Å². The molecule has 104 valence electrons. The summed E-state index contributed by atoms with van der Waals surface area (Å²) in [6.45, 7) is 3.84. The Morgan fingerprint density at radius 2 is 2.11 bits per heavy atom. The predicted molar refractivity (Wildman–Crippen MR) is 72.8 cm³/mol. The van der Waals surface area contributed by atoms with Crippen LogP contribution in [0.2, 0.25) is 0 Å². The number of rotatable bonds is 3. The van der Waals surface area contributed by atoms with Crippen LogP contribution in [0.15, 0.2) is 30.3 Å². The maximum atomic E-state index is 12.0. The molecule has 2 atom stereocenters. The number of amides is 1. The van der Waals surface area contributed by atoms with Gasteiger partial charge < -0.3 is 14.4 Å². The first-order valence-corrected chi connectivity index (χ1v) is 6.69. The topological polar surface area (TPSA) is 38.8 Å². The first-order chi connectivity index (χ1) is 9.20. The summed E-state index contributed by atoms with van der Waals surface area (Å²) in [5.74, 6) is 0.350. The summed E-state index contributed by atoms with van der Waals surface area (Å²) in [7, 11) is 1.73. The fraction of sp³-hybridized carbons (Fsp3) is 0.533. The third-order valence-corrected chi connectivity index (χ3v) is 3.59. The molecular formula is C15H21NO3. The van der Waals surface area contributed by atoms with Gasteiger partial charge in [0.2, 0.25) is 0 Å². The monoisotopic (exact) mass is 263 g/mol. The van der Waals surface area contributed by atoms with Crippen molar-refractivity contribution in [1.29, 1.82) is 0 Å². The molecule has 2 rings (SSSR count). The van der Waals surface area contributed by atoms with Gasteiger partial charge in [0, 0.05) is 26.1 Å². The lowest BCUT2D eigenvalue weighted by atomic mass is 9.97. The minimum absolute atomic E-state index is 0.231. The Labute approximate surface area is 114 Å². The van der Waals surface area contributed by atoms with Crippen molar-refractivity contribution in [3.8, 4) is 0 Å². The molecule has 1 aliphatic rings. The van der Waals surface area contributed by atoms with Crippen LogP contribution in [0.3, 0.4) is 0 Å². The molecule has 1 amide bonds. The van der Waals surface area contributed by atoms with E-state index in [1.54, 1.807) is 12.0 Å². The first kappa shape index (κ1) is 13.9. The molecule has 0 radical (unpaired) electrons. The van der Waals surface area contributed by atoms with Gasteiger partial charge in [-0.05, 0) is 12.0 Å².